The van der Waals surface area contributed by atoms with Gasteiger partial charge in [-0.15, -0.1) is 0 Å². The van der Waals surface area contributed by atoms with Gasteiger partial charge in [-0.25, -0.2) is 0 Å². The first kappa shape index (κ1) is 19.7. The van der Waals surface area contributed by atoms with Crippen molar-refractivity contribution in [2.45, 2.75) is 60.0 Å². The number of carbonyl (C=O) groups is 1. The summed E-state index contributed by atoms with van der Waals surface area (Å²) in [5, 5.41) is 12.4. The van der Waals surface area contributed by atoms with Crippen LogP contribution in [0.5, 0.6) is 0 Å². The summed E-state index contributed by atoms with van der Waals surface area (Å²) in [6, 6.07) is 0.0844. The minimum Gasteiger partial charge on any atom is -0.332 e. The van der Waals surface area contributed by atoms with Crippen molar-refractivity contribution in [3.63, 3.8) is 0 Å². The first-order chi connectivity index (χ1) is 12.8. The molecule has 0 spiro atoms. The van der Waals surface area contributed by atoms with Gasteiger partial charge in [0.1, 0.15) is 5.15 Å². The summed E-state index contributed by atoms with van der Waals surface area (Å²) in [7, 11) is 0. The van der Waals surface area contributed by atoms with Crippen LogP contribution in [-0.4, -0.2) is 37.3 Å². The number of carbonyl (C=O) groups excluding carboxylic acids is 1. The van der Waals surface area contributed by atoms with Crippen molar-refractivity contribution >= 4 is 23.6 Å². The molecule has 1 fully saturated rings. The van der Waals surface area contributed by atoms with Crippen LogP contribution in [0.3, 0.4) is 0 Å². The molecule has 1 aliphatic heterocycles. The highest BCUT2D eigenvalue weighted by Gasteiger charge is 2.32. The highest BCUT2D eigenvalue weighted by atomic mass is 35.5. The Morgan fingerprint density at radius 3 is 2.70 bits per heavy atom. The second kappa shape index (κ2) is 7.89. The van der Waals surface area contributed by atoms with E-state index in [1.165, 1.54) is 0 Å². The molecule has 2 aromatic rings. The number of nitrogens with zero attached hydrogens (tertiary/aromatic N) is 4. The van der Waals surface area contributed by atoms with E-state index in [9.17, 15) is 4.79 Å². The van der Waals surface area contributed by atoms with Crippen molar-refractivity contribution in [2.24, 2.45) is 5.92 Å². The molecule has 0 aromatic carbocycles. The Morgan fingerprint density at radius 2 is 2.07 bits per heavy atom. The molecule has 1 saturated heterocycles. The van der Waals surface area contributed by atoms with Crippen LogP contribution in [-0.2, 0) is 11.3 Å². The van der Waals surface area contributed by atoms with E-state index in [1.54, 1.807) is 12.2 Å². The van der Waals surface area contributed by atoms with Crippen LogP contribution in [0.1, 0.15) is 60.9 Å². The predicted molar refractivity (Wildman–Crippen MR) is 108 cm³/mol. The Bertz CT molecular complexity index is 845. The van der Waals surface area contributed by atoms with Crippen molar-refractivity contribution < 1.29 is 4.79 Å². The monoisotopic (exact) mass is 389 g/mol. The van der Waals surface area contributed by atoms with Crippen LogP contribution in [0.15, 0.2) is 6.08 Å². The number of hydrogen-bond acceptors (Lipinski definition) is 3. The van der Waals surface area contributed by atoms with Crippen molar-refractivity contribution in [1.82, 2.24) is 24.9 Å². The summed E-state index contributed by atoms with van der Waals surface area (Å²) >= 11 is 6.48. The highest BCUT2D eigenvalue weighted by molar-refractivity contribution is 6.31. The zero-order chi connectivity index (χ0) is 19.7. The normalized spacial score (nSPS) is 17.6. The van der Waals surface area contributed by atoms with E-state index in [1.807, 2.05) is 30.4 Å². The molecule has 0 saturated carbocycles. The van der Waals surface area contributed by atoms with Gasteiger partial charge in [-0.3, -0.25) is 14.6 Å². The fourth-order valence-corrected chi connectivity index (χ4v) is 4.16. The molecule has 1 atom stereocenters. The maximum absolute atomic E-state index is 12.9. The van der Waals surface area contributed by atoms with Gasteiger partial charge in [0.15, 0.2) is 0 Å². The number of aryl methyl sites for hydroxylation is 3. The number of halogens is 1. The zero-order valence-electron chi connectivity index (χ0n) is 16.7. The zero-order valence-corrected chi connectivity index (χ0v) is 17.5. The van der Waals surface area contributed by atoms with Gasteiger partial charge in [0.05, 0.1) is 17.4 Å². The summed E-state index contributed by atoms with van der Waals surface area (Å²) < 4.78 is 1.81. The van der Waals surface area contributed by atoms with Crippen LogP contribution in [0, 0.1) is 26.7 Å². The lowest BCUT2D eigenvalue weighted by Gasteiger charge is -2.24. The maximum atomic E-state index is 12.9. The fraction of sp³-hybridized carbons (Fsp3) is 0.550. The van der Waals surface area contributed by atoms with Crippen molar-refractivity contribution in [1.29, 1.82) is 0 Å². The van der Waals surface area contributed by atoms with E-state index in [4.69, 9.17) is 11.6 Å². The number of aromatic amines is 1. The summed E-state index contributed by atoms with van der Waals surface area (Å²) in [5.41, 5.74) is 4.81. The first-order valence-electron chi connectivity index (χ1n) is 9.52. The van der Waals surface area contributed by atoms with Gasteiger partial charge in [-0.2, -0.15) is 10.2 Å². The molecule has 1 N–H and O–H groups in total. The van der Waals surface area contributed by atoms with E-state index >= 15 is 0 Å². The molecule has 1 amide bonds. The van der Waals surface area contributed by atoms with Gasteiger partial charge < -0.3 is 4.90 Å². The second-order valence-corrected chi connectivity index (χ2v) is 8.09. The minimum absolute atomic E-state index is 0.00424. The molecule has 27 heavy (non-hydrogen) atoms. The van der Waals surface area contributed by atoms with Crippen LogP contribution in [0.4, 0.5) is 0 Å². The Kier molecular flexibility index (Phi) is 5.75. The largest absolute Gasteiger partial charge is 0.332 e. The lowest BCUT2D eigenvalue weighted by molar-refractivity contribution is -0.126. The molecule has 0 aliphatic carbocycles. The van der Waals surface area contributed by atoms with Crippen molar-refractivity contribution in [3.05, 3.63) is 39.4 Å². The standard InChI is InChI=1S/C20H28ClN5O/c1-12(2)11-26-20(21)16(13(3)24-26)8-9-18(27)25-10-6-7-17(25)19-14(4)22-23-15(19)5/h8-9,12,17H,6-7,10-11H2,1-5H3,(H,22,23). The SMILES string of the molecule is Cc1nn(CC(C)C)c(Cl)c1C=CC(=O)N1CCCC1c1c(C)n[nH]c1C. The highest BCUT2D eigenvalue weighted by Crippen LogP contribution is 2.35. The minimum atomic E-state index is 0.00424. The predicted octanol–water partition coefficient (Wildman–Crippen LogP) is 4.22. The van der Waals surface area contributed by atoms with Crippen LogP contribution >= 0.6 is 11.6 Å². The van der Waals surface area contributed by atoms with Gasteiger partial charge in [0.2, 0.25) is 5.91 Å². The number of aromatic nitrogens is 4. The fourth-order valence-electron chi connectivity index (χ4n) is 3.85. The maximum Gasteiger partial charge on any atom is 0.247 e. The molecule has 146 valence electrons. The molecule has 3 rings (SSSR count). The van der Waals surface area contributed by atoms with Gasteiger partial charge >= 0.3 is 0 Å². The second-order valence-electron chi connectivity index (χ2n) is 7.74. The van der Waals surface area contributed by atoms with Gasteiger partial charge in [0, 0.05) is 36.0 Å². The number of likely N-dealkylation sites (tertiary alicyclic amines) is 1. The number of hydrogen-bond donors (Lipinski definition) is 1. The summed E-state index contributed by atoms with van der Waals surface area (Å²) in [5.74, 6) is 0.455. The number of H-pyrrole nitrogens is 1. The topological polar surface area (TPSA) is 66.8 Å². The van der Waals surface area contributed by atoms with E-state index in [0.29, 0.717) is 11.1 Å². The summed E-state index contributed by atoms with van der Waals surface area (Å²) in [4.78, 5) is 14.8. The number of amides is 1. The summed E-state index contributed by atoms with van der Waals surface area (Å²) in [6.45, 7) is 11.7. The van der Waals surface area contributed by atoms with Gasteiger partial charge in [-0.1, -0.05) is 25.4 Å². The molecular weight excluding hydrogens is 362 g/mol. The molecule has 7 heteroatoms. The third-order valence-corrected chi connectivity index (χ3v) is 5.49. The van der Waals surface area contributed by atoms with Crippen molar-refractivity contribution in [2.75, 3.05) is 6.54 Å². The molecule has 1 unspecified atom stereocenters. The molecule has 1 aliphatic rings. The van der Waals surface area contributed by atoms with Crippen LogP contribution < -0.4 is 0 Å². The number of nitrogens with one attached hydrogen (secondary N) is 1. The first-order valence-corrected chi connectivity index (χ1v) is 9.90. The third-order valence-electron chi connectivity index (χ3n) is 5.09. The van der Waals surface area contributed by atoms with Crippen LogP contribution in [0.2, 0.25) is 5.15 Å². The Hall–Kier alpha value is -2.08. The van der Waals surface area contributed by atoms with Crippen LogP contribution in [0.25, 0.3) is 6.08 Å². The molecule has 3 heterocycles. The smallest absolute Gasteiger partial charge is 0.247 e. The van der Waals surface area contributed by atoms with E-state index in [-0.39, 0.29) is 11.9 Å². The lowest BCUT2D eigenvalue weighted by atomic mass is 10.0. The van der Waals surface area contributed by atoms with Gasteiger partial charge in [-0.05, 0) is 45.6 Å². The molecule has 0 bridgehead atoms. The van der Waals surface area contributed by atoms with E-state index in [0.717, 1.165) is 54.1 Å². The number of rotatable bonds is 5. The Labute approximate surface area is 165 Å². The van der Waals surface area contributed by atoms with Crippen molar-refractivity contribution in [3.8, 4) is 0 Å². The molecule has 6 nitrogen and oxygen atoms in total. The average molecular weight is 390 g/mol. The van der Waals surface area contributed by atoms with E-state index in [2.05, 4.69) is 29.1 Å². The Balaban J connectivity index is 1.80. The summed E-state index contributed by atoms with van der Waals surface area (Å²) in [6.07, 6.45) is 5.39. The third kappa shape index (κ3) is 3.95. The van der Waals surface area contributed by atoms with Gasteiger partial charge in [0.25, 0.3) is 0 Å². The quantitative estimate of drug-likeness (QED) is 0.778. The lowest BCUT2D eigenvalue weighted by Crippen LogP contribution is -2.29. The molecular formula is C20H28ClN5O. The molecule has 0 radical (unpaired) electrons. The average Bonchev–Trinajstić information content (AvgIpc) is 3.25. The van der Waals surface area contributed by atoms with E-state index < -0.39 is 0 Å². The molecule has 2 aromatic heterocycles. The Morgan fingerprint density at radius 1 is 1.33 bits per heavy atom.